The molecule has 2 aromatic rings. The molecular weight excluding hydrogens is 267 g/mol. The lowest BCUT2D eigenvalue weighted by Crippen LogP contribution is -2.22. The summed E-state index contributed by atoms with van der Waals surface area (Å²) >= 11 is 0. The van der Waals surface area contributed by atoms with Crippen LogP contribution in [0.15, 0.2) is 48.5 Å². The highest BCUT2D eigenvalue weighted by molar-refractivity contribution is 5.94. The number of hydrogen-bond donors (Lipinski definition) is 2. The molecule has 2 N–H and O–H groups in total. The highest BCUT2D eigenvalue weighted by atomic mass is 19.1. The molecule has 110 valence electrons. The summed E-state index contributed by atoms with van der Waals surface area (Å²) in [6.07, 6.45) is 1.05. The normalized spacial score (nSPS) is 10.2. The number of anilines is 1. The molecule has 0 bridgehead atoms. The van der Waals surface area contributed by atoms with Crippen LogP contribution in [0.2, 0.25) is 0 Å². The Morgan fingerprint density at radius 1 is 1.14 bits per heavy atom. The van der Waals surface area contributed by atoms with Crippen LogP contribution >= 0.6 is 0 Å². The van der Waals surface area contributed by atoms with E-state index in [0.29, 0.717) is 12.1 Å². The van der Waals surface area contributed by atoms with Gasteiger partial charge in [-0.1, -0.05) is 19.1 Å². The van der Waals surface area contributed by atoms with Crippen LogP contribution in [0, 0.1) is 5.82 Å². The van der Waals surface area contributed by atoms with Crippen molar-refractivity contribution in [3.8, 4) is 0 Å². The van der Waals surface area contributed by atoms with Crippen LogP contribution in [-0.2, 0) is 6.54 Å². The van der Waals surface area contributed by atoms with Crippen molar-refractivity contribution >= 4 is 11.6 Å². The molecule has 1 amide bonds. The second-order valence-electron chi connectivity index (χ2n) is 4.82. The van der Waals surface area contributed by atoms with E-state index in [0.717, 1.165) is 24.2 Å². The van der Waals surface area contributed by atoms with Crippen molar-refractivity contribution in [3.63, 3.8) is 0 Å². The predicted octanol–water partition coefficient (Wildman–Crippen LogP) is 3.58. The van der Waals surface area contributed by atoms with Gasteiger partial charge in [0.2, 0.25) is 0 Å². The number of nitrogens with one attached hydrogen (secondary N) is 2. The van der Waals surface area contributed by atoms with Crippen LogP contribution in [0.5, 0.6) is 0 Å². The lowest BCUT2D eigenvalue weighted by Gasteiger charge is -2.08. The summed E-state index contributed by atoms with van der Waals surface area (Å²) in [7, 11) is 0. The zero-order valence-corrected chi connectivity index (χ0v) is 12.0. The fraction of sp³-hybridized carbons (Fsp3) is 0.235. The topological polar surface area (TPSA) is 41.1 Å². The summed E-state index contributed by atoms with van der Waals surface area (Å²) in [6.45, 7) is 3.32. The van der Waals surface area contributed by atoms with Crippen molar-refractivity contribution in [1.29, 1.82) is 0 Å². The molecule has 0 unspecified atom stereocenters. The number of carbonyl (C=O) groups excluding carboxylic acids is 1. The van der Waals surface area contributed by atoms with E-state index in [1.54, 1.807) is 24.3 Å². The van der Waals surface area contributed by atoms with Crippen LogP contribution in [0.3, 0.4) is 0 Å². The van der Waals surface area contributed by atoms with E-state index < -0.39 is 0 Å². The van der Waals surface area contributed by atoms with Crippen molar-refractivity contribution in [1.82, 2.24) is 5.32 Å². The minimum Gasteiger partial charge on any atom is -0.385 e. The molecular formula is C17H19FN2O. The van der Waals surface area contributed by atoms with Crippen molar-refractivity contribution in [2.75, 3.05) is 11.9 Å². The van der Waals surface area contributed by atoms with Crippen LogP contribution < -0.4 is 10.6 Å². The first-order valence-corrected chi connectivity index (χ1v) is 7.05. The molecule has 0 saturated carbocycles. The van der Waals surface area contributed by atoms with E-state index in [4.69, 9.17) is 0 Å². The Balaban J connectivity index is 1.91. The van der Waals surface area contributed by atoms with Gasteiger partial charge in [0.1, 0.15) is 5.82 Å². The Bertz CT molecular complexity index is 596. The molecule has 2 aromatic carbocycles. The average molecular weight is 286 g/mol. The van der Waals surface area contributed by atoms with Gasteiger partial charge in [0.25, 0.3) is 5.91 Å². The second kappa shape index (κ2) is 7.43. The third kappa shape index (κ3) is 4.60. The number of hydrogen-bond acceptors (Lipinski definition) is 2. The van der Waals surface area contributed by atoms with Gasteiger partial charge in [-0.3, -0.25) is 4.79 Å². The van der Waals surface area contributed by atoms with Crippen LogP contribution in [0.4, 0.5) is 10.1 Å². The fourth-order valence-electron chi connectivity index (χ4n) is 1.94. The summed E-state index contributed by atoms with van der Waals surface area (Å²) in [5.74, 6) is -0.464. The molecule has 0 aliphatic rings. The van der Waals surface area contributed by atoms with Gasteiger partial charge in [-0.2, -0.15) is 0 Å². The predicted molar refractivity (Wildman–Crippen MR) is 82.8 cm³/mol. The van der Waals surface area contributed by atoms with E-state index >= 15 is 0 Å². The lowest BCUT2D eigenvalue weighted by molar-refractivity contribution is 0.0951. The Kier molecular flexibility index (Phi) is 5.32. The number of carbonyl (C=O) groups is 1. The van der Waals surface area contributed by atoms with E-state index in [2.05, 4.69) is 17.6 Å². The Morgan fingerprint density at radius 2 is 1.90 bits per heavy atom. The van der Waals surface area contributed by atoms with Crippen molar-refractivity contribution in [3.05, 3.63) is 65.5 Å². The number of benzene rings is 2. The third-order valence-electron chi connectivity index (χ3n) is 3.07. The molecule has 0 heterocycles. The Morgan fingerprint density at radius 3 is 2.57 bits per heavy atom. The van der Waals surface area contributed by atoms with Gasteiger partial charge < -0.3 is 10.6 Å². The van der Waals surface area contributed by atoms with Crippen molar-refractivity contribution in [2.45, 2.75) is 19.9 Å². The lowest BCUT2D eigenvalue weighted by atomic mass is 10.1. The fourth-order valence-corrected chi connectivity index (χ4v) is 1.94. The highest BCUT2D eigenvalue weighted by Gasteiger charge is 2.05. The molecule has 3 nitrogen and oxygen atoms in total. The molecule has 0 aliphatic heterocycles. The molecule has 2 rings (SSSR count). The van der Waals surface area contributed by atoms with Gasteiger partial charge in [0.05, 0.1) is 0 Å². The van der Waals surface area contributed by atoms with E-state index in [1.165, 1.54) is 12.1 Å². The summed E-state index contributed by atoms with van der Waals surface area (Å²) < 4.78 is 13.0. The summed E-state index contributed by atoms with van der Waals surface area (Å²) in [4.78, 5) is 12.0. The quantitative estimate of drug-likeness (QED) is 0.852. The Labute approximate surface area is 124 Å². The maximum Gasteiger partial charge on any atom is 0.251 e. The molecule has 0 saturated heterocycles. The Hall–Kier alpha value is -2.36. The van der Waals surface area contributed by atoms with E-state index in [-0.39, 0.29) is 11.7 Å². The summed E-state index contributed by atoms with van der Waals surface area (Å²) in [5.41, 5.74) is 2.33. The molecule has 4 heteroatoms. The third-order valence-corrected chi connectivity index (χ3v) is 3.07. The van der Waals surface area contributed by atoms with Gasteiger partial charge in [-0.05, 0) is 48.4 Å². The SMILES string of the molecule is CCCNc1ccc(C(=O)NCc2cccc(F)c2)cc1. The largest absolute Gasteiger partial charge is 0.385 e. The van der Waals surface area contributed by atoms with Gasteiger partial charge >= 0.3 is 0 Å². The molecule has 0 aliphatic carbocycles. The first kappa shape index (κ1) is 15.0. The molecule has 0 spiro atoms. The highest BCUT2D eigenvalue weighted by Crippen LogP contribution is 2.10. The van der Waals surface area contributed by atoms with Crippen molar-refractivity contribution in [2.24, 2.45) is 0 Å². The zero-order valence-electron chi connectivity index (χ0n) is 12.0. The minimum atomic E-state index is -0.298. The van der Waals surface area contributed by atoms with E-state index in [9.17, 15) is 9.18 Å². The average Bonchev–Trinajstić information content (AvgIpc) is 2.51. The number of halogens is 1. The minimum absolute atomic E-state index is 0.165. The van der Waals surface area contributed by atoms with Gasteiger partial charge in [0.15, 0.2) is 0 Å². The monoisotopic (exact) mass is 286 g/mol. The maximum absolute atomic E-state index is 13.0. The smallest absolute Gasteiger partial charge is 0.251 e. The molecule has 0 aromatic heterocycles. The first-order chi connectivity index (χ1) is 10.2. The second-order valence-corrected chi connectivity index (χ2v) is 4.82. The first-order valence-electron chi connectivity index (χ1n) is 7.05. The van der Waals surface area contributed by atoms with Crippen molar-refractivity contribution < 1.29 is 9.18 Å². The van der Waals surface area contributed by atoms with Crippen LogP contribution in [0.1, 0.15) is 29.3 Å². The summed E-state index contributed by atoms with van der Waals surface area (Å²) in [5, 5.41) is 6.03. The molecule has 0 radical (unpaired) electrons. The van der Waals surface area contributed by atoms with Crippen LogP contribution in [-0.4, -0.2) is 12.5 Å². The van der Waals surface area contributed by atoms with Gasteiger partial charge in [-0.15, -0.1) is 0 Å². The number of rotatable bonds is 6. The summed E-state index contributed by atoms with van der Waals surface area (Å²) in [6, 6.07) is 13.5. The van der Waals surface area contributed by atoms with Gasteiger partial charge in [0, 0.05) is 24.3 Å². The molecule has 21 heavy (non-hydrogen) atoms. The maximum atomic E-state index is 13.0. The van der Waals surface area contributed by atoms with Gasteiger partial charge in [-0.25, -0.2) is 4.39 Å². The standard InChI is InChI=1S/C17H19FN2O/c1-2-10-19-16-8-6-14(7-9-16)17(21)20-12-13-4-3-5-15(18)11-13/h3-9,11,19H,2,10,12H2,1H3,(H,20,21). The molecule has 0 atom stereocenters. The van der Waals surface area contributed by atoms with Crippen LogP contribution in [0.25, 0.3) is 0 Å². The van der Waals surface area contributed by atoms with E-state index in [1.807, 2.05) is 12.1 Å². The number of amides is 1. The zero-order chi connectivity index (χ0) is 15.1. The molecule has 0 fully saturated rings.